The predicted molar refractivity (Wildman–Crippen MR) is 104 cm³/mol. The van der Waals surface area contributed by atoms with Crippen molar-refractivity contribution in [1.29, 1.82) is 0 Å². The first kappa shape index (κ1) is 22.7. The molecule has 0 saturated heterocycles. The van der Waals surface area contributed by atoms with E-state index in [0.29, 0.717) is 34.5 Å². The van der Waals surface area contributed by atoms with E-state index in [9.17, 15) is 18.0 Å². The van der Waals surface area contributed by atoms with E-state index in [4.69, 9.17) is 9.47 Å². The molecule has 0 bridgehead atoms. The van der Waals surface area contributed by atoms with Gasteiger partial charge in [0.25, 0.3) is 0 Å². The first-order valence-corrected chi connectivity index (χ1v) is 9.08. The Morgan fingerprint density at radius 2 is 1.83 bits per heavy atom. The number of hydrogen-bond donors (Lipinski definition) is 1. The van der Waals surface area contributed by atoms with E-state index < -0.39 is 17.7 Å². The van der Waals surface area contributed by atoms with Crippen molar-refractivity contribution in [3.8, 4) is 16.9 Å². The van der Waals surface area contributed by atoms with Gasteiger partial charge in [-0.3, -0.25) is 10.2 Å². The van der Waals surface area contributed by atoms with E-state index in [1.807, 2.05) is 6.92 Å². The van der Waals surface area contributed by atoms with E-state index in [2.05, 4.69) is 5.43 Å². The van der Waals surface area contributed by atoms with Gasteiger partial charge in [-0.05, 0) is 41.0 Å². The Bertz CT molecular complexity index is 854. The second kappa shape index (κ2) is 9.76. The summed E-state index contributed by atoms with van der Waals surface area (Å²) < 4.78 is 49.9. The first-order valence-electron chi connectivity index (χ1n) is 9.08. The summed E-state index contributed by atoms with van der Waals surface area (Å²) in [6.07, 6.45) is -4.39. The Kier molecular flexibility index (Phi) is 7.64. The van der Waals surface area contributed by atoms with Crippen LogP contribution in [0.3, 0.4) is 0 Å². The van der Waals surface area contributed by atoms with Gasteiger partial charge in [0.2, 0.25) is 0 Å². The molecule has 0 amide bonds. The average molecular weight is 410 g/mol. The number of hydrogen-bond acceptors (Lipinski definition) is 5. The van der Waals surface area contributed by atoms with Crippen molar-refractivity contribution in [3.05, 3.63) is 53.1 Å². The molecule has 8 heteroatoms. The van der Waals surface area contributed by atoms with Gasteiger partial charge < -0.3 is 9.47 Å². The Morgan fingerprint density at radius 3 is 2.41 bits per heavy atom. The van der Waals surface area contributed by atoms with Crippen LogP contribution in [0.2, 0.25) is 0 Å². The van der Waals surface area contributed by atoms with Crippen LogP contribution in [-0.4, -0.2) is 38.8 Å². The molecule has 2 rings (SSSR count). The lowest BCUT2D eigenvalue weighted by molar-refractivity contribution is -0.140. The lowest BCUT2D eigenvalue weighted by Crippen LogP contribution is -2.33. The minimum absolute atomic E-state index is 0.0563. The molecule has 0 unspecified atom stereocenters. The molecule has 0 saturated carbocycles. The van der Waals surface area contributed by atoms with Crippen LogP contribution in [0.4, 0.5) is 13.2 Å². The largest absolute Gasteiger partial charge is 0.496 e. The number of esters is 1. The van der Waals surface area contributed by atoms with Crippen molar-refractivity contribution in [1.82, 2.24) is 10.4 Å². The fourth-order valence-corrected chi connectivity index (χ4v) is 3.06. The average Bonchev–Trinajstić information content (AvgIpc) is 2.67. The fraction of sp³-hybridized carbons (Fsp3) is 0.381. The van der Waals surface area contributed by atoms with Crippen molar-refractivity contribution in [2.75, 3.05) is 27.8 Å². The maximum absolute atomic E-state index is 13.3. The van der Waals surface area contributed by atoms with Crippen molar-refractivity contribution < 1.29 is 27.4 Å². The van der Waals surface area contributed by atoms with Crippen LogP contribution >= 0.6 is 0 Å². The molecule has 29 heavy (non-hydrogen) atoms. The minimum Gasteiger partial charge on any atom is -0.496 e. The van der Waals surface area contributed by atoms with Gasteiger partial charge in [0.15, 0.2) is 0 Å². The molecular weight excluding hydrogens is 385 g/mol. The number of rotatable bonds is 8. The fourth-order valence-electron chi connectivity index (χ4n) is 3.06. The van der Waals surface area contributed by atoms with Crippen LogP contribution in [0.5, 0.6) is 5.75 Å². The second-order valence-corrected chi connectivity index (χ2v) is 6.52. The quantitative estimate of drug-likeness (QED) is 0.526. The van der Waals surface area contributed by atoms with Crippen LogP contribution in [0, 0.1) is 0 Å². The molecule has 2 aromatic carbocycles. The normalized spacial score (nSPS) is 11.6. The Balaban J connectivity index is 2.58. The third-order valence-corrected chi connectivity index (χ3v) is 4.40. The van der Waals surface area contributed by atoms with Gasteiger partial charge >= 0.3 is 12.1 Å². The van der Waals surface area contributed by atoms with Gasteiger partial charge in [0.05, 0.1) is 26.2 Å². The zero-order chi connectivity index (χ0) is 21.6. The number of carbonyl (C=O) groups is 1. The number of alkyl halides is 3. The molecule has 0 atom stereocenters. The number of methoxy groups -OCH3 is 2. The predicted octanol–water partition coefficient (Wildman–Crippen LogP) is 4.05. The van der Waals surface area contributed by atoms with Gasteiger partial charge in [-0.1, -0.05) is 19.1 Å². The van der Waals surface area contributed by atoms with Gasteiger partial charge in [-0.25, -0.2) is 5.01 Å². The molecule has 0 aromatic heterocycles. The van der Waals surface area contributed by atoms with Crippen LogP contribution in [0.15, 0.2) is 36.4 Å². The molecule has 0 fully saturated rings. The molecule has 0 aliphatic heterocycles. The third kappa shape index (κ3) is 5.95. The standard InChI is InChI=1S/C21H25F3N2O3/c1-5-25-26(2)13-15-12-16(21(22,23)24)7-8-17(15)18-10-14(11-20(27)29-4)6-9-19(18)28-3/h6-10,12,25H,5,11,13H2,1-4H3. The monoisotopic (exact) mass is 410 g/mol. The highest BCUT2D eigenvalue weighted by molar-refractivity contribution is 5.77. The smallest absolute Gasteiger partial charge is 0.416 e. The zero-order valence-electron chi connectivity index (χ0n) is 16.9. The number of nitrogens with one attached hydrogen (secondary N) is 1. The summed E-state index contributed by atoms with van der Waals surface area (Å²) in [6, 6.07) is 8.82. The number of benzene rings is 2. The summed E-state index contributed by atoms with van der Waals surface area (Å²) in [4.78, 5) is 11.6. The molecular formula is C21H25F3N2O3. The molecule has 0 aliphatic rings. The molecule has 158 valence electrons. The summed E-state index contributed by atoms with van der Waals surface area (Å²) in [5.74, 6) is 0.103. The Morgan fingerprint density at radius 1 is 1.10 bits per heavy atom. The van der Waals surface area contributed by atoms with E-state index in [1.54, 1.807) is 30.3 Å². The number of carbonyl (C=O) groups excluding carboxylic acids is 1. The van der Waals surface area contributed by atoms with Gasteiger partial charge in [-0.2, -0.15) is 13.2 Å². The van der Waals surface area contributed by atoms with Gasteiger partial charge in [0, 0.05) is 25.7 Å². The summed E-state index contributed by atoms with van der Waals surface area (Å²) in [5.41, 5.74) is 4.73. The van der Waals surface area contributed by atoms with Crippen molar-refractivity contribution >= 4 is 5.97 Å². The van der Waals surface area contributed by atoms with Crippen LogP contribution in [0.25, 0.3) is 11.1 Å². The molecule has 0 heterocycles. The van der Waals surface area contributed by atoms with Crippen molar-refractivity contribution in [2.24, 2.45) is 0 Å². The topological polar surface area (TPSA) is 50.8 Å². The van der Waals surface area contributed by atoms with Gasteiger partial charge in [0.1, 0.15) is 5.75 Å². The summed E-state index contributed by atoms with van der Waals surface area (Å²) >= 11 is 0. The number of ether oxygens (including phenoxy) is 2. The number of nitrogens with zero attached hydrogens (tertiary/aromatic N) is 1. The molecule has 0 radical (unpaired) electrons. The van der Waals surface area contributed by atoms with Crippen LogP contribution in [-0.2, 0) is 28.7 Å². The van der Waals surface area contributed by atoms with Crippen molar-refractivity contribution in [3.63, 3.8) is 0 Å². The van der Waals surface area contributed by atoms with E-state index in [-0.39, 0.29) is 13.0 Å². The highest BCUT2D eigenvalue weighted by Crippen LogP contribution is 2.37. The molecule has 2 aromatic rings. The van der Waals surface area contributed by atoms with Crippen LogP contribution < -0.4 is 10.2 Å². The number of hydrazine groups is 1. The SMILES string of the molecule is CCNN(C)Cc1cc(C(F)(F)F)ccc1-c1cc(CC(=O)OC)ccc1OC. The first-order chi connectivity index (χ1) is 13.7. The third-order valence-electron chi connectivity index (χ3n) is 4.40. The van der Waals surface area contributed by atoms with E-state index >= 15 is 0 Å². The van der Waals surface area contributed by atoms with Crippen LogP contribution in [0.1, 0.15) is 23.6 Å². The summed E-state index contributed by atoms with van der Waals surface area (Å²) in [6.45, 7) is 2.79. The lowest BCUT2D eigenvalue weighted by atomic mass is 9.94. The molecule has 0 spiro atoms. The Hall–Kier alpha value is -2.58. The maximum atomic E-state index is 13.3. The molecule has 0 aliphatic carbocycles. The highest BCUT2D eigenvalue weighted by atomic mass is 19.4. The van der Waals surface area contributed by atoms with E-state index in [0.717, 1.165) is 12.1 Å². The van der Waals surface area contributed by atoms with Gasteiger partial charge in [-0.15, -0.1) is 0 Å². The van der Waals surface area contributed by atoms with E-state index in [1.165, 1.54) is 20.3 Å². The maximum Gasteiger partial charge on any atom is 0.416 e. The van der Waals surface area contributed by atoms with Crippen molar-refractivity contribution in [2.45, 2.75) is 26.1 Å². The molecule has 5 nitrogen and oxygen atoms in total. The highest BCUT2D eigenvalue weighted by Gasteiger charge is 2.31. The Labute approximate surface area is 168 Å². The summed E-state index contributed by atoms with van der Waals surface area (Å²) in [7, 11) is 4.56. The lowest BCUT2D eigenvalue weighted by Gasteiger charge is -2.21. The molecule has 1 N–H and O–H groups in total. The zero-order valence-corrected chi connectivity index (χ0v) is 16.9. The number of halogens is 3. The second-order valence-electron chi connectivity index (χ2n) is 6.52. The summed E-state index contributed by atoms with van der Waals surface area (Å²) in [5, 5.41) is 1.73. The minimum atomic E-state index is -4.44.